The highest BCUT2D eigenvalue weighted by molar-refractivity contribution is 9.10. The molecule has 0 radical (unpaired) electrons. The number of nitrogens with zero attached hydrogens (tertiary/aromatic N) is 1. The Hall–Kier alpha value is -0.950. The first-order chi connectivity index (χ1) is 9.67. The Morgan fingerprint density at radius 2 is 2.24 bits per heavy atom. The lowest BCUT2D eigenvalue weighted by Gasteiger charge is -2.00. The molecule has 2 aromatic rings. The Labute approximate surface area is 142 Å². The van der Waals surface area contributed by atoms with Crippen molar-refractivity contribution >= 4 is 50.7 Å². The topological polar surface area (TPSA) is 68.0 Å². The zero-order valence-electron chi connectivity index (χ0n) is 11.3. The number of carbonyl (C=O) groups excluding carboxylic acids is 1. The van der Waals surface area contributed by atoms with Crippen LogP contribution in [0, 0.1) is 0 Å². The van der Waals surface area contributed by atoms with Crippen LogP contribution in [0.5, 0.6) is 0 Å². The number of amides is 1. The molecule has 1 heterocycles. The van der Waals surface area contributed by atoms with Gasteiger partial charge in [0.15, 0.2) is 5.13 Å². The van der Waals surface area contributed by atoms with Gasteiger partial charge in [-0.2, -0.15) is 0 Å². The van der Waals surface area contributed by atoms with E-state index in [0.29, 0.717) is 24.5 Å². The number of anilines is 1. The molecule has 0 unspecified atom stereocenters. The summed E-state index contributed by atoms with van der Waals surface area (Å²) in [6, 6.07) is 8.17. The highest BCUT2D eigenvalue weighted by atomic mass is 79.9. The summed E-state index contributed by atoms with van der Waals surface area (Å²) in [6.45, 7) is 0.527. The van der Waals surface area contributed by atoms with Crippen LogP contribution >= 0.6 is 39.7 Å². The van der Waals surface area contributed by atoms with Crippen molar-refractivity contribution in [3.8, 4) is 0 Å². The second-order valence-corrected chi connectivity index (χ2v) is 6.41. The number of nitrogens with one attached hydrogen (secondary N) is 1. The summed E-state index contributed by atoms with van der Waals surface area (Å²) in [4.78, 5) is 16.9. The third kappa shape index (κ3) is 6.13. The van der Waals surface area contributed by atoms with Crippen LogP contribution in [-0.2, 0) is 11.2 Å². The van der Waals surface area contributed by atoms with Gasteiger partial charge in [-0.05, 0) is 30.7 Å². The highest BCUT2D eigenvalue weighted by Gasteiger charge is 2.07. The van der Waals surface area contributed by atoms with Crippen molar-refractivity contribution in [2.45, 2.75) is 19.3 Å². The van der Waals surface area contributed by atoms with Crippen molar-refractivity contribution in [2.75, 3.05) is 11.9 Å². The minimum atomic E-state index is -0.0289. The molecule has 0 saturated carbocycles. The summed E-state index contributed by atoms with van der Waals surface area (Å²) >= 11 is 4.96. The minimum Gasteiger partial charge on any atom is -0.330 e. The monoisotopic (exact) mass is 389 g/mol. The van der Waals surface area contributed by atoms with E-state index >= 15 is 0 Å². The van der Waals surface area contributed by atoms with Gasteiger partial charge >= 0.3 is 0 Å². The van der Waals surface area contributed by atoms with Gasteiger partial charge in [0.1, 0.15) is 0 Å². The molecule has 0 fully saturated rings. The SMILES string of the molecule is Cl.NCCCC(=O)Nc1ncc(Cc2cccc(Br)c2)s1. The van der Waals surface area contributed by atoms with E-state index in [0.717, 1.165) is 15.8 Å². The van der Waals surface area contributed by atoms with Gasteiger partial charge in [-0.15, -0.1) is 23.7 Å². The Balaban J connectivity index is 0.00000220. The molecule has 1 amide bonds. The molecule has 1 aromatic carbocycles. The second kappa shape index (κ2) is 9.15. The molecular formula is C14H17BrClN3OS. The van der Waals surface area contributed by atoms with Crippen LogP contribution < -0.4 is 11.1 Å². The molecule has 0 saturated heterocycles. The quantitative estimate of drug-likeness (QED) is 0.792. The first-order valence-electron chi connectivity index (χ1n) is 6.36. The van der Waals surface area contributed by atoms with Crippen LogP contribution in [-0.4, -0.2) is 17.4 Å². The molecule has 3 N–H and O–H groups in total. The van der Waals surface area contributed by atoms with Gasteiger partial charge in [0.2, 0.25) is 5.91 Å². The average Bonchev–Trinajstić information content (AvgIpc) is 2.83. The number of rotatable bonds is 6. The normalized spacial score (nSPS) is 10.0. The number of aromatic nitrogens is 1. The molecule has 4 nitrogen and oxygen atoms in total. The molecule has 0 aliphatic heterocycles. The van der Waals surface area contributed by atoms with Crippen molar-refractivity contribution in [1.82, 2.24) is 4.98 Å². The van der Waals surface area contributed by atoms with E-state index in [-0.39, 0.29) is 18.3 Å². The molecule has 2 rings (SSSR count). The van der Waals surface area contributed by atoms with Crippen molar-refractivity contribution in [3.05, 3.63) is 45.4 Å². The van der Waals surface area contributed by atoms with Crippen LogP contribution in [0.4, 0.5) is 5.13 Å². The van der Waals surface area contributed by atoms with E-state index in [9.17, 15) is 4.79 Å². The van der Waals surface area contributed by atoms with Crippen LogP contribution in [0.15, 0.2) is 34.9 Å². The Morgan fingerprint density at radius 3 is 2.95 bits per heavy atom. The fourth-order valence-corrected chi connectivity index (χ4v) is 3.05. The fraction of sp³-hybridized carbons (Fsp3) is 0.286. The zero-order chi connectivity index (χ0) is 14.4. The predicted molar refractivity (Wildman–Crippen MR) is 93.2 cm³/mol. The van der Waals surface area contributed by atoms with Crippen molar-refractivity contribution < 1.29 is 4.79 Å². The van der Waals surface area contributed by atoms with Crippen molar-refractivity contribution in [2.24, 2.45) is 5.73 Å². The highest BCUT2D eigenvalue weighted by Crippen LogP contribution is 2.22. The number of thiazole rings is 1. The summed E-state index contributed by atoms with van der Waals surface area (Å²) in [6.07, 6.45) is 3.76. The van der Waals surface area contributed by atoms with Crippen molar-refractivity contribution in [1.29, 1.82) is 0 Å². The molecule has 0 aliphatic rings. The third-order valence-corrected chi connectivity index (χ3v) is 4.08. The number of hydrogen-bond donors (Lipinski definition) is 2. The summed E-state index contributed by atoms with van der Waals surface area (Å²) in [5, 5.41) is 3.45. The number of nitrogens with two attached hydrogens (primary N) is 1. The van der Waals surface area contributed by atoms with Gasteiger partial charge in [0.25, 0.3) is 0 Å². The van der Waals surface area contributed by atoms with Crippen molar-refractivity contribution in [3.63, 3.8) is 0 Å². The van der Waals surface area contributed by atoms with E-state index in [4.69, 9.17) is 5.73 Å². The lowest BCUT2D eigenvalue weighted by atomic mass is 10.1. The van der Waals surface area contributed by atoms with E-state index < -0.39 is 0 Å². The first kappa shape index (κ1) is 18.1. The molecule has 7 heteroatoms. The van der Waals surface area contributed by atoms with E-state index in [2.05, 4.69) is 38.4 Å². The Kier molecular flexibility index (Phi) is 7.88. The maximum absolute atomic E-state index is 11.6. The molecular weight excluding hydrogens is 374 g/mol. The molecule has 0 spiro atoms. The molecule has 0 aliphatic carbocycles. The average molecular weight is 391 g/mol. The van der Waals surface area contributed by atoms with Gasteiger partial charge in [-0.25, -0.2) is 4.98 Å². The summed E-state index contributed by atoms with van der Waals surface area (Å²) < 4.78 is 1.06. The molecule has 114 valence electrons. The van der Waals surface area contributed by atoms with Gasteiger partial charge in [-0.3, -0.25) is 4.79 Å². The smallest absolute Gasteiger partial charge is 0.226 e. The summed E-state index contributed by atoms with van der Waals surface area (Å²) in [7, 11) is 0. The zero-order valence-corrected chi connectivity index (χ0v) is 14.6. The number of carbonyl (C=O) groups is 1. The number of halogens is 2. The predicted octanol–water partition coefficient (Wildman–Crippen LogP) is 3.60. The lowest BCUT2D eigenvalue weighted by Crippen LogP contribution is -2.13. The van der Waals surface area contributed by atoms with Crippen LogP contribution in [0.3, 0.4) is 0 Å². The van der Waals surface area contributed by atoms with Gasteiger partial charge < -0.3 is 11.1 Å². The van der Waals surface area contributed by atoms with Gasteiger partial charge in [-0.1, -0.05) is 28.1 Å². The molecule has 21 heavy (non-hydrogen) atoms. The van der Waals surface area contributed by atoms with E-state index in [1.165, 1.54) is 16.9 Å². The largest absolute Gasteiger partial charge is 0.330 e. The maximum Gasteiger partial charge on any atom is 0.226 e. The molecule has 1 aromatic heterocycles. The van der Waals surface area contributed by atoms with Gasteiger partial charge in [0.05, 0.1) is 0 Å². The second-order valence-electron chi connectivity index (χ2n) is 4.38. The lowest BCUT2D eigenvalue weighted by molar-refractivity contribution is -0.116. The number of benzene rings is 1. The number of hydrogen-bond acceptors (Lipinski definition) is 4. The fourth-order valence-electron chi connectivity index (χ4n) is 1.74. The van der Waals surface area contributed by atoms with E-state index in [1.54, 1.807) is 0 Å². The Bertz CT molecular complexity index is 591. The maximum atomic E-state index is 11.6. The molecule has 0 atom stereocenters. The van der Waals surface area contributed by atoms with Gasteiger partial charge in [0, 0.05) is 28.4 Å². The Morgan fingerprint density at radius 1 is 1.43 bits per heavy atom. The molecule has 0 bridgehead atoms. The van der Waals surface area contributed by atoms with Crippen LogP contribution in [0.2, 0.25) is 0 Å². The minimum absolute atomic E-state index is 0. The third-order valence-electron chi connectivity index (χ3n) is 2.68. The van der Waals surface area contributed by atoms with Crippen LogP contribution in [0.25, 0.3) is 0 Å². The van der Waals surface area contributed by atoms with Crippen LogP contribution in [0.1, 0.15) is 23.3 Å². The summed E-state index contributed by atoms with van der Waals surface area (Å²) in [5.41, 5.74) is 6.59. The standard InChI is InChI=1S/C14H16BrN3OS.ClH/c15-11-4-1-3-10(7-11)8-12-9-17-14(20-12)18-13(19)5-2-6-16;/h1,3-4,7,9H,2,5-6,8,16H2,(H,17,18,19);1H. The first-order valence-corrected chi connectivity index (χ1v) is 7.97. The summed E-state index contributed by atoms with van der Waals surface area (Å²) in [5.74, 6) is -0.0289. The van der Waals surface area contributed by atoms with E-state index in [1.807, 2.05) is 18.3 Å².